The average Bonchev–Trinajstić information content (AvgIpc) is 3.51. The second-order valence-corrected chi connectivity index (χ2v) is 10.6. The van der Waals surface area contributed by atoms with Crippen LogP contribution in [0.4, 0.5) is 8.78 Å². The van der Waals surface area contributed by atoms with Crippen molar-refractivity contribution < 1.29 is 28.0 Å². The Kier molecular flexibility index (Phi) is 6.90. The molecule has 3 unspecified atom stereocenters. The van der Waals surface area contributed by atoms with Crippen molar-refractivity contribution in [2.24, 2.45) is 0 Å². The molecule has 38 heavy (non-hydrogen) atoms. The van der Waals surface area contributed by atoms with Crippen LogP contribution in [0.25, 0.3) is 0 Å². The summed E-state index contributed by atoms with van der Waals surface area (Å²) in [6, 6.07) is 12.2. The summed E-state index contributed by atoms with van der Waals surface area (Å²) in [6.45, 7) is 0.823. The number of likely N-dealkylation sites (tertiary alicyclic amines) is 1. The van der Waals surface area contributed by atoms with Gasteiger partial charge in [-0.05, 0) is 41.0 Å². The Bertz CT molecular complexity index is 1270. The summed E-state index contributed by atoms with van der Waals surface area (Å²) in [7, 11) is 0. The van der Waals surface area contributed by atoms with Gasteiger partial charge in [0, 0.05) is 6.42 Å². The van der Waals surface area contributed by atoms with Crippen LogP contribution in [0.1, 0.15) is 48.9 Å². The van der Waals surface area contributed by atoms with Crippen molar-refractivity contribution in [2.45, 2.75) is 49.9 Å². The molecule has 2 N–H and O–H groups in total. The first-order valence-corrected chi connectivity index (χ1v) is 12.8. The fourth-order valence-electron chi connectivity index (χ4n) is 5.21. The lowest BCUT2D eigenvalue weighted by atomic mass is 9.92. The molecule has 10 heteroatoms. The summed E-state index contributed by atoms with van der Waals surface area (Å²) in [5.74, 6) is -2.35. The van der Waals surface area contributed by atoms with E-state index in [9.17, 15) is 23.6 Å². The van der Waals surface area contributed by atoms with Crippen LogP contribution in [-0.2, 0) is 24.6 Å². The minimum absolute atomic E-state index is 0.161. The molecule has 2 aromatic carbocycles. The predicted molar refractivity (Wildman–Crippen MR) is 134 cm³/mol. The number of alkyl halides is 1. The number of nitrogens with one attached hydrogen (secondary N) is 2. The molecule has 3 aliphatic rings. The third-order valence-electron chi connectivity index (χ3n) is 7.72. The van der Waals surface area contributed by atoms with E-state index in [-0.39, 0.29) is 37.3 Å². The van der Waals surface area contributed by atoms with Crippen LogP contribution in [0.15, 0.2) is 48.5 Å². The first-order chi connectivity index (χ1) is 18.1. The number of nitrogens with zero attached hydrogens (tertiary/aromatic N) is 2. The summed E-state index contributed by atoms with van der Waals surface area (Å²) in [5, 5.41) is 5.31. The van der Waals surface area contributed by atoms with Crippen LogP contribution in [0, 0.1) is 5.82 Å². The van der Waals surface area contributed by atoms with Gasteiger partial charge in [0.2, 0.25) is 23.6 Å². The van der Waals surface area contributed by atoms with Crippen molar-refractivity contribution in [2.75, 3.05) is 26.2 Å². The number of hydrogen-bond acceptors (Lipinski definition) is 4. The van der Waals surface area contributed by atoms with E-state index in [1.807, 2.05) is 25.1 Å². The fraction of sp³-hybridized carbons (Fsp3) is 0.429. The third kappa shape index (κ3) is 5.25. The van der Waals surface area contributed by atoms with Crippen molar-refractivity contribution in [3.05, 3.63) is 71.0 Å². The highest BCUT2D eigenvalue weighted by molar-refractivity contribution is 5.96. The van der Waals surface area contributed by atoms with Gasteiger partial charge in [-0.2, -0.15) is 0 Å². The van der Waals surface area contributed by atoms with Crippen molar-refractivity contribution >= 4 is 23.6 Å². The highest BCUT2D eigenvalue weighted by atomic mass is 19.1. The smallest absolute Gasteiger partial charge is 0.243 e. The van der Waals surface area contributed by atoms with Crippen LogP contribution in [0.2, 0.25) is 0 Å². The molecular formula is C28H30F2N4O4. The summed E-state index contributed by atoms with van der Waals surface area (Å²) in [6.07, 6.45) is 0.234. The molecule has 0 aromatic heterocycles. The second kappa shape index (κ2) is 10.2. The largest absolute Gasteiger partial charge is 0.345 e. The molecule has 2 heterocycles. The maximum Gasteiger partial charge on any atom is 0.243 e. The third-order valence-corrected chi connectivity index (χ3v) is 7.72. The molecule has 0 radical (unpaired) electrons. The van der Waals surface area contributed by atoms with Gasteiger partial charge in [-0.15, -0.1) is 0 Å². The predicted octanol–water partition coefficient (Wildman–Crippen LogP) is 1.98. The van der Waals surface area contributed by atoms with Crippen molar-refractivity contribution in [3.63, 3.8) is 0 Å². The number of amides is 4. The molecule has 1 saturated carbocycles. The summed E-state index contributed by atoms with van der Waals surface area (Å²) in [5.41, 5.74) is 1.73. The quantitative estimate of drug-likeness (QED) is 0.579. The van der Waals surface area contributed by atoms with Gasteiger partial charge in [0.1, 0.15) is 31.1 Å². The van der Waals surface area contributed by atoms with Crippen molar-refractivity contribution in [3.8, 4) is 0 Å². The number of hydrogen-bond donors (Lipinski definition) is 2. The minimum Gasteiger partial charge on any atom is -0.345 e. The summed E-state index contributed by atoms with van der Waals surface area (Å²) >= 11 is 0. The molecular weight excluding hydrogens is 494 g/mol. The van der Waals surface area contributed by atoms with Gasteiger partial charge in [-0.3, -0.25) is 19.2 Å². The topological polar surface area (TPSA) is 98.8 Å². The maximum atomic E-state index is 15.1. The van der Waals surface area contributed by atoms with Gasteiger partial charge in [0.25, 0.3) is 0 Å². The summed E-state index contributed by atoms with van der Waals surface area (Å²) in [4.78, 5) is 52.5. The molecule has 3 fully saturated rings. The lowest BCUT2D eigenvalue weighted by molar-refractivity contribution is -0.147. The SMILES string of the molecule is CC1(c2ccc(C(NC(=O)C3CC(F)CN3C(=O)CN3CC(=O)NCC3=O)c3ccccc3)cc2F)CC1. The molecule has 4 amide bonds. The van der Waals surface area contributed by atoms with E-state index in [4.69, 9.17) is 0 Å². The zero-order valence-electron chi connectivity index (χ0n) is 21.1. The fourth-order valence-corrected chi connectivity index (χ4v) is 5.21. The Morgan fingerprint density at radius 3 is 2.55 bits per heavy atom. The highest BCUT2D eigenvalue weighted by Gasteiger charge is 2.43. The van der Waals surface area contributed by atoms with Crippen LogP contribution < -0.4 is 10.6 Å². The second-order valence-electron chi connectivity index (χ2n) is 10.6. The Morgan fingerprint density at radius 1 is 1.13 bits per heavy atom. The van der Waals surface area contributed by atoms with Gasteiger partial charge < -0.3 is 20.4 Å². The van der Waals surface area contributed by atoms with E-state index in [2.05, 4.69) is 10.6 Å². The first-order valence-electron chi connectivity index (χ1n) is 12.8. The van der Waals surface area contributed by atoms with E-state index in [0.717, 1.165) is 22.6 Å². The van der Waals surface area contributed by atoms with E-state index >= 15 is 4.39 Å². The zero-order valence-corrected chi connectivity index (χ0v) is 21.1. The molecule has 2 aliphatic heterocycles. The molecule has 8 nitrogen and oxygen atoms in total. The molecule has 0 bridgehead atoms. The molecule has 5 rings (SSSR count). The number of piperazine rings is 1. The number of halogens is 2. The number of benzene rings is 2. The zero-order chi connectivity index (χ0) is 27.0. The van der Waals surface area contributed by atoms with E-state index in [1.165, 1.54) is 6.07 Å². The lowest BCUT2D eigenvalue weighted by Gasteiger charge is -2.30. The van der Waals surface area contributed by atoms with E-state index < -0.39 is 48.4 Å². The van der Waals surface area contributed by atoms with Crippen molar-refractivity contribution in [1.82, 2.24) is 20.4 Å². The minimum atomic E-state index is -1.42. The number of carbonyl (C=O) groups is 4. The first kappa shape index (κ1) is 25.8. The highest BCUT2D eigenvalue weighted by Crippen LogP contribution is 2.48. The molecule has 200 valence electrons. The number of carbonyl (C=O) groups excluding carboxylic acids is 4. The van der Waals surface area contributed by atoms with Crippen molar-refractivity contribution in [1.29, 1.82) is 0 Å². The van der Waals surface area contributed by atoms with Crippen LogP contribution >= 0.6 is 0 Å². The molecule has 0 spiro atoms. The van der Waals surface area contributed by atoms with E-state index in [1.54, 1.807) is 24.3 Å². The molecule has 1 aliphatic carbocycles. The van der Waals surface area contributed by atoms with Gasteiger partial charge >= 0.3 is 0 Å². The molecule has 2 aromatic rings. The Balaban J connectivity index is 1.36. The van der Waals surface area contributed by atoms with Crippen LogP contribution in [0.5, 0.6) is 0 Å². The number of rotatable bonds is 7. The average molecular weight is 525 g/mol. The standard InChI is InChI=1S/C28H30F2N4O4/c1-28(9-10-28)20-8-7-18(11-21(20)30)26(17-5-3-2-4-6-17)32-27(38)22-12-19(29)14-34(22)25(37)16-33-15-23(35)31-13-24(33)36/h2-8,11,19,22,26H,9-10,12-16H2,1H3,(H,31,35)(H,32,38). The Morgan fingerprint density at radius 2 is 1.87 bits per heavy atom. The Hall–Kier alpha value is -3.82. The van der Waals surface area contributed by atoms with Gasteiger partial charge in [-0.1, -0.05) is 49.4 Å². The lowest BCUT2D eigenvalue weighted by Crippen LogP contribution is -2.56. The van der Waals surface area contributed by atoms with Gasteiger partial charge in [0.05, 0.1) is 19.1 Å². The molecule has 3 atom stereocenters. The van der Waals surface area contributed by atoms with Crippen LogP contribution in [-0.4, -0.2) is 71.8 Å². The summed E-state index contributed by atoms with van der Waals surface area (Å²) < 4.78 is 29.6. The maximum absolute atomic E-state index is 15.1. The van der Waals surface area contributed by atoms with Crippen LogP contribution in [0.3, 0.4) is 0 Å². The van der Waals surface area contributed by atoms with Gasteiger partial charge in [-0.25, -0.2) is 8.78 Å². The molecule has 2 saturated heterocycles. The van der Waals surface area contributed by atoms with E-state index in [0.29, 0.717) is 16.7 Å². The normalized spacial score (nSPS) is 23.1. The monoisotopic (exact) mass is 524 g/mol. The van der Waals surface area contributed by atoms with Gasteiger partial charge in [0.15, 0.2) is 0 Å². The Labute approximate surface area is 219 Å².